The Balaban J connectivity index is 2.45. The van der Waals surface area contributed by atoms with Gasteiger partial charge < -0.3 is 14.0 Å². The quantitative estimate of drug-likeness (QED) is 0.688. The first-order chi connectivity index (χ1) is 8.69. The standard InChI is InChI=1S/C12H18N2O4/c1-3-17-10(15)6-5-8-14-9-7-13-11(14)12(16)18-4-2/h7,9H,3-6,8H2,1-2H3. The van der Waals surface area contributed by atoms with E-state index in [0.29, 0.717) is 32.6 Å². The van der Waals surface area contributed by atoms with Crippen LogP contribution >= 0.6 is 0 Å². The first kappa shape index (κ1) is 14.2. The van der Waals surface area contributed by atoms with E-state index in [9.17, 15) is 9.59 Å². The SMILES string of the molecule is CCOC(=O)CCCn1ccnc1C(=O)OCC. The monoisotopic (exact) mass is 254 g/mol. The molecule has 18 heavy (non-hydrogen) atoms. The Hall–Kier alpha value is -1.85. The molecule has 0 N–H and O–H groups in total. The Labute approximate surface area is 106 Å². The van der Waals surface area contributed by atoms with Crippen molar-refractivity contribution < 1.29 is 19.1 Å². The minimum atomic E-state index is -0.446. The number of carbonyl (C=O) groups is 2. The van der Waals surface area contributed by atoms with Crippen LogP contribution in [0.4, 0.5) is 0 Å². The lowest BCUT2D eigenvalue weighted by atomic mass is 10.3. The lowest BCUT2D eigenvalue weighted by Gasteiger charge is -2.06. The van der Waals surface area contributed by atoms with Gasteiger partial charge in [0, 0.05) is 25.4 Å². The van der Waals surface area contributed by atoms with Crippen molar-refractivity contribution in [2.45, 2.75) is 33.2 Å². The van der Waals surface area contributed by atoms with Crippen LogP contribution in [0, 0.1) is 0 Å². The normalized spacial score (nSPS) is 10.1. The summed E-state index contributed by atoms with van der Waals surface area (Å²) in [5.74, 6) is -0.408. The van der Waals surface area contributed by atoms with Crippen molar-refractivity contribution in [3.63, 3.8) is 0 Å². The molecule has 1 aromatic rings. The molecule has 0 bridgehead atoms. The second-order valence-corrected chi connectivity index (χ2v) is 3.57. The van der Waals surface area contributed by atoms with Crippen molar-refractivity contribution in [3.05, 3.63) is 18.2 Å². The summed E-state index contributed by atoms with van der Waals surface area (Å²) in [5, 5.41) is 0. The first-order valence-corrected chi connectivity index (χ1v) is 6.02. The summed E-state index contributed by atoms with van der Waals surface area (Å²) in [6.07, 6.45) is 4.16. The molecule has 6 heteroatoms. The molecule has 0 aliphatic rings. The van der Waals surface area contributed by atoms with Gasteiger partial charge in [-0.05, 0) is 20.3 Å². The molecule has 0 aliphatic heterocycles. The van der Waals surface area contributed by atoms with E-state index in [4.69, 9.17) is 9.47 Å². The molecule has 0 spiro atoms. The van der Waals surface area contributed by atoms with Crippen molar-refractivity contribution in [3.8, 4) is 0 Å². The van der Waals surface area contributed by atoms with Crippen LogP contribution in [0.1, 0.15) is 37.3 Å². The van der Waals surface area contributed by atoms with Gasteiger partial charge in [-0.3, -0.25) is 4.79 Å². The van der Waals surface area contributed by atoms with E-state index in [1.54, 1.807) is 24.6 Å². The van der Waals surface area contributed by atoms with Gasteiger partial charge >= 0.3 is 11.9 Å². The number of rotatable bonds is 7. The second-order valence-electron chi connectivity index (χ2n) is 3.57. The predicted octanol–water partition coefficient (Wildman–Crippen LogP) is 1.40. The van der Waals surface area contributed by atoms with Crippen LogP contribution in [0.25, 0.3) is 0 Å². The number of nitrogens with zero attached hydrogens (tertiary/aromatic N) is 2. The molecule has 0 aromatic carbocycles. The van der Waals surface area contributed by atoms with Crippen LogP contribution < -0.4 is 0 Å². The maximum absolute atomic E-state index is 11.5. The van der Waals surface area contributed by atoms with Gasteiger partial charge in [0.15, 0.2) is 0 Å². The van der Waals surface area contributed by atoms with Crippen LogP contribution in [0.5, 0.6) is 0 Å². The summed E-state index contributed by atoms with van der Waals surface area (Å²) in [7, 11) is 0. The fourth-order valence-electron chi connectivity index (χ4n) is 1.50. The molecule has 6 nitrogen and oxygen atoms in total. The third kappa shape index (κ3) is 4.20. The molecule has 1 rings (SSSR count). The predicted molar refractivity (Wildman–Crippen MR) is 64.1 cm³/mol. The van der Waals surface area contributed by atoms with E-state index in [-0.39, 0.29) is 11.8 Å². The number of hydrogen-bond donors (Lipinski definition) is 0. The van der Waals surface area contributed by atoms with Crippen LogP contribution in [0.15, 0.2) is 12.4 Å². The Morgan fingerprint density at radius 3 is 2.67 bits per heavy atom. The Morgan fingerprint density at radius 1 is 1.28 bits per heavy atom. The third-order valence-electron chi connectivity index (χ3n) is 2.26. The zero-order valence-corrected chi connectivity index (χ0v) is 10.7. The number of ether oxygens (including phenoxy) is 2. The van der Waals surface area contributed by atoms with E-state index in [2.05, 4.69) is 4.98 Å². The van der Waals surface area contributed by atoms with Crippen molar-refractivity contribution in [2.24, 2.45) is 0 Å². The van der Waals surface area contributed by atoms with E-state index in [0.717, 1.165) is 0 Å². The maximum atomic E-state index is 11.5. The molecule has 0 atom stereocenters. The molecule has 100 valence electrons. The fourth-order valence-corrected chi connectivity index (χ4v) is 1.50. The number of aromatic nitrogens is 2. The number of hydrogen-bond acceptors (Lipinski definition) is 5. The highest BCUT2D eigenvalue weighted by Crippen LogP contribution is 2.04. The maximum Gasteiger partial charge on any atom is 0.374 e. The smallest absolute Gasteiger partial charge is 0.374 e. The topological polar surface area (TPSA) is 70.4 Å². The van der Waals surface area contributed by atoms with Gasteiger partial charge in [0.1, 0.15) is 0 Å². The molecular weight excluding hydrogens is 236 g/mol. The zero-order valence-electron chi connectivity index (χ0n) is 10.7. The van der Waals surface area contributed by atoms with Gasteiger partial charge in [-0.25, -0.2) is 9.78 Å². The van der Waals surface area contributed by atoms with Crippen LogP contribution in [-0.4, -0.2) is 34.7 Å². The van der Waals surface area contributed by atoms with E-state index < -0.39 is 5.97 Å². The van der Waals surface area contributed by atoms with Gasteiger partial charge in [-0.15, -0.1) is 0 Å². The lowest BCUT2D eigenvalue weighted by molar-refractivity contribution is -0.143. The fraction of sp³-hybridized carbons (Fsp3) is 0.583. The average molecular weight is 254 g/mol. The molecule has 0 radical (unpaired) electrons. The van der Waals surface area contributed by atoms with Gasteiger partial charge in [0.05, 0.1) is 13.2 Å². The third-order valence-corrected chi connectivity index (χ3v) is 2.26. The van der Waals surface area contributed by atoms with Gasteiger partial charge in [-0.1, -0.05) is 0 Å². The lowest BCUT2D eigenvalue weighted by Crippen LogP contribution is -2.14. The molecule has 0 aliphatic carbocycles. The summed E-state index contributed by atoms with van der Waals surface area (Å²) in [4.78, 5) is 26.6. The minimum absolute atomic E-state index is 0.227. The van der Waals surface area contributed by atoms with E-state index in [1.165, 1.54) is 6.20 Å². The van der Waals surface area contributed by atoms with Crippen molar-refractivity contribution in [1.82, 2.24) is 9.55 Å². The average Bonchev–Trinajstić information content (AvgIpc) is 2.78. The van der Waals surface area contributed by atoms with Crippen molar-refractivity contribution >= 4 is 11.9 Å². The Kier molecular flexibility index (Phi) is 5.90. The molecular formula is C12H18N2O4. The van der Waals surface area contributed by atoms with Gasteiger partial charge in [0.25, 0.3) is 0 Å². The highest BCUT2D eigenvalue weighted by Gasteiger charge is 2.13. The van der Waals surface area contributed by atoms with E-state index in [1.807, 2.05) is 0 Å². The summed E-state index contributed by atoms with van der Waals surface area (Å²) in [6.45, 7) is 4.75. The summed E-state index contributed by atoms with van der Waals surface area (Å²) in [6, 6.07) is 0. The largest absolute Gasteiger partial charge is 0.466 e. The zero-order chi connectivity index (χ0) is 13.4. The number of imidazole rings is 1. The number of esters is 2. The number of carbonyl (C=O) groups excluding carboxylic acids is 2. The molecule has 0 unspecified atom stereocenters. The summed E-state index contributed by atoms with van der Waals surface area (Å²) >= 11 is 0. The van der Waals surface area contributed by atoms with Crippen LogP contribution in [0.3, 0.4) is 0 Å². The number of aryl methyl sites for hydroxylation is 1. The molecule has 1 aromatic heterocycles. The minimum Gasteiger partial charge on any atom is -0.466 e. The molecule has 0 saturated carbocycles. The highest BCUT2D eigenvalue weighted by atomic mass is 16.5. The van der Waals surface area contributed by atoms with Crippen molar-refractivity contribution in [1.29, 1.82) is 0 Å². The van der Waals surface area contributed by atoms with Crippen LogP contribution in [-0.2, 0) is 20.8 Å². The molecule has 0 fully saturated rings. The highest BCUT2D eigenvalue weighted by molar-refractivity contribution is 5.85. The van der Waals surface area contributed by atoms with Crippen LogP contribution in [0.2, 0.25) is 0 Å². The summed E-state index contributed by atoms with van der Waals surface area (Å²) < 4.78 is 11.4. The summed E-state index contributed by atoms with van der Waals surface area (Å²) in [5.41, 5.74) is 0. The molecule has 1 heterocycles. The van der Waals surface area contributed by atoms with Crippen molar-refractivity contribution in [2.75, 3.05) is 13.2 Å². The second kappa shape index (κ2) is 7.47. The first-order valence-electron chi connectivity index (χ1n) is 6.02. The molecule has 0 saturated heterocycles. The van der Waals surface area contributed by atoms with E-state index >= 15 is 0 Å². The van der Waals surface area contributed by atoms with Gasteiger partial charge in [-0.2, -0.15) is 0 Å². The van der Waals surface area contributed by atoms with Gasteiger partial charge in [0.2, 0.25) is 5.82 Å². The molecule has 0 amide bonds. The Bertz CT molecular complexity index is 401. The Morgan fingerprint density at radius 2 is 2.00 bits per heavy atom.